The third kappa shape index (κ3) is 3.38. The molecule has 18 heavy (non-hydrogen) atoms. The van der Waals surface area contributed by atoms with Crippen LogP contribution >= 0.6 is 0 Å². The lowest BCUT2D eigenvalue weighted by molar-refractivity contribution is -0.140. The van der Waals surface area contributed by atoms with E-state index in [0.29, 0.717) is 0 Å². The summed E-state index contributed by atoms with van der Waals surface area (Å²) >= 11 is 0. The molecular formula is C12H15NO5. The Balaban J connectivity index is 2.64. The van der Waals surface area contributed by atoms with Gasteiger partial charge >= 0.3 is 5.97 Å². The highest BCUT2D eigenvalue weighted by molar-refractivity contribution is 5.97. The zero-order valence-corrected chi connectivity index (χ0v) is 10.2. The van der Waals surface area contributed by atoms with Crippen molar-refractivity contribution in [3.05, 3.63) is 23.8 Å². The van der Waals surface area contributed by atoms with Crippen molar-refractivity contribution in [3.63, 3.8) is 0 Å². The second-order valence-electron chi connectivity index (χ2n) is 3.44. The third-order valence-corrected chi connectivity index (χ3v) is 2.31. The first-order chi connectivity index (χ1) is 8.60. The number of ether oxygens (including phenoxy) is 2. The van der Waals surface area contributed by atoms with Crippen molar-refractivity contribution in [2.45, 2.75) is 6.42 Å². The maximum atomic E-state index is 11.7. The van der Waals surface area contributed by atoms with Gasteiger partial charge in [0.05, 0.1) is 26.2 Å². The Morgan fingerprint density at radius 3 is 2.67 bits per heavy atom. The van der Waals surface area contributed by atoms with Crippen LogP contribution in [0, 0.1) is 0 Å². The van der Waals surface area contributed by atoms with Crippen LogP contribution < -0.4 is 10.1 Å². The number of carbonyl (C=O) groups is 2. The van der Waals surface area contributed by atoms with Gasteiger partial charge in [0.2, 0.25) is 0 Å². The second kappa shape index (κ2) is 6.48. The third-order valence-electron chi connectivity index (χ3n) is 2.31. The van der Waals surface area contributed by atoms with Gasteiger partial charge in [-0.3, -0.25) is 9.59 Å². The fourth-order valence-corrected chi connectivity index (χ4v) is 1.35. The molecule has 6 nitrogen and oxygen atoms in total. The van der Waals surface area contributed by atoms with Crippen LogP contribution in [0.2, 0.25) is 0 Å². The smallest absolute Gasteiger partial charge is 0.307 e. The summed E-state index contributed by atoms with van der Waals surface area (Å²) in [6, 6.07) is 4.60. The lowest BCUT2D eigenvalue weighted by Gasteiger charge is -2.09. The number of para-hydroxylation sites is 1. The summed E-state index contributed by atoms with van der Waals surface area (Å²) in [4.78, 5) is 22.6. The van der Waals surface area contributed by atoms with Crippen LogP contribution in [0.5, 0.6) is 11.5 Å². The van der Waals surface area contributed by atoms with Crippen LogP contribution in [0.15, 0.2) is 18.2 Å². The van der Waals surface area contributed by atoms with Gasteiger partial charge < -0.3 is 19.9 Å². The van der Waals surface area contributed by atoms with Gasteiger partial charge in [-0.25, -0.2) is 0 Å². The molecule has 0 saturated heterocycles. The number of methoxy groups -OCH3 is 2. The van der Waals surface area contributed by atoms with E-state index in [1.807, 2.05) is 0 Å². The van der Waals surface area contributed by atoms with Gasteiger partial charge in [0.25, 0.3) is 5.91 Å². The van der Waals surface area contributed by atoms with E-state index in [1.54, 1.807) is 12.1 Å². The number of carbonyl (C=O) groups excluding carboxylic acids is 2. The van der Waals surface area contributed by atoms with Crippen molar-refractivity contribution in [2.24, 2.45) is 0 Å². The van der Waals surface area contributed by atoms with Crippen molar-refractivity contribution < 1.29 is 24.2 Å². The number of benzene rings is 1. The number of esters is 1. The van der Waals surface area contributed by atoms with Gasteiger partial charge in [-0.2, -0.15) is 0 Å². The van der Waals surface area contributed by atoms with Crippen molar-refractivity contribution in [3.8, 4) is 11.5 Å². The van der Waals surface area contributed by atoms with Crippen molar-refractivity contribution in [1.82, 2.24) is 5.32 Å². The predicted molar refractivity (Wildman–Crippen MR) is 63.6 cm³/mol. The lowest BCUT2D eigenvalue weighted by atomic mass is 10.1. The molecule has 1 amide bonds. The average molecular weight is 253 g/mol. The first-order valence-corrected chi connectivity index (χ1v) is 5.31. The van der Waals surface area contributed by atoms with Crippen molar-refractivity contribution in [2.75, 3.05) is 20.8 Å². The van der Waals surface area contributed by atoms with E-state index in [4.69, 9.17) is 4.74 Å². The zero-order valence-electron chi connectivity index (χ0n) is 10.2. The molecule has 0 saturated carbocycles. The molecule has 98 valence electrons. The highest BCUT2D eigenvalue weighted by atomic mass is 16.5. The molecule has 0 fully saturated rings. The second-order valence-corrected chi connectivity index (χ2v) is 3.44. The fraction of sp³-hybridized carbons (Fsp3) is 0.333. The Morgan fingerprint density at radius 2 is 2.06 bits per heavy atom. The minimum Gasteiger partial charge on any atom is -0.504 e. The highest BCUT2D eigenvalue weighted by Crippen LogP contribution is 2.28. The molecule has 0 aliphatic rings. The Hall–Kier alpha value is -2.24. The average Bonchev–Trinajstić information content (AvgIpc) is 2.38. The molecule has 0 aliphatic carbocycles. The number of hydrogen-bond acceptors (Lipinski definition) is 5. The monoisotopic (exact) mass is 253 g/mol. The van der Waals surface area contributed by atoms with Crippen LogP contribution in [-0.2, 0) is 9.53 Å². The summed E-state index contributed by atoms with van der Waals surface area (Å²) in [5.74, 6) is -0.897. The quantitative estimate of drug-likeness (QED) is 0.754. The number of phenolic OH excluding ortho intramolecular Hbond substituents is 1. The minimum absolute atomic E-state index is 0.0764. The molecule has 1 aromatic rings. The van der Waals surface area contributed by atoms with E-state index >= 15 is 0 Å². The highest BCUT2D eigenvalue weighted by Gasteiger charge is 2.14. The van der Waals surface area contributed by atoms with Crippen LogP contribution in [-0.4, -0.2) is 37.7 Å². The molecule has 0 aromatic heterocycles. The zero-order chi connectivity index (χ0) is 13.5. The van der Waals surface area contributed by atoms with Gasteiger partial charge in [-0.1, -0.05) is 6.07 Å². The molecular weight excluding hydrogens is 238 g/mol. The number of hydrogen-bond donors (Lipinski definition) is 2. The van der Waals surface area contributed by atoms with Gasteiger partial charge in [-0.15, -0.1) is 0 Å². The Morgan fingerprint density at radius 1 is 1.33 bits per heavy atom. The maximum absolute atomic E-state index is 11.7. The van der Waals surface area contributed by atoms with Gasteiger partial charge in [0.1, 0.15) is 0 Å². The number of phenols is 1. The molecule has 1 rings (SSSR count). The summed E-state index contributed by atoms with van der Waals surface area (Å²) < 4.78 is 9.33. The largest absolute Gasteiger partial charge is 0.504 e. The van der Waals surface area contributed by atoms with E-state index in [2.05, 4.69) is 10.1 Å². The summed E-state index contributed by atoms with van der Waals surface area (Å²) in [6.45, 7) is 0.141. The fourth-order valence-electron chi connectivity index (χ4n) is 1.35. The van der Waals surface area contributed by atoms with Gasteiger partial charge in [-0.05, 0) is 12.1 Å². The van der Waals surface area contributed by atoms with Gasteiger partial charge in [0, 0.05) is 6.54 Å². The Kier molecular flexibility index (Phi) is 4.98. The van der Waals surface area contributed by atoms with Crippen LogP contribution in [0.1, 0.15) is 16.8 Å². The maximum Gasteiger partial charge on any atom is 0.307 e. The van der Waals surface area contributed by atoms with Crippen molar-refractivity contribution >= 4 is 11.9 Å². The summed E-state index contributed by atoms with van der Waals surface area (Å²) in [5.41, 5.74) is 0.0965. The lowest BCUT2D eigenvalue weighted by Crippen LogP contribution is -2.26. The summed E-state index contributed by atoms with van der Waals surface area (Å²) in [5, 5.41) is 12.2. The number of aromatic hydroxyl groups is 1. The molecule has 2 N–H and O–H groups in total. The number of rotatable bonds is 5. The molecule has 1 aromatic carbocycles. The minimum atomic E-state index is -0.477. The molecule has 0 radical (unpaired) electrons. The standard InChI is InChI=1S/C12H15NO5/c1-17-9-5-3-4-8(11(9)15)12(16)13-7-6-10(14)18-2/h3-5,15H,6-7H2,1-2H3,(H,13,16). The van der Waals surface area contributed by atoms with Crippen LogP contribution in [0.25, 0.3) is 0 Å². The topological polar surface area (TPSA) is 84.9 Å². The molecule has 0 aliphatic heterocycles. The molecule has 0 atom stereocenters. The SMILES string of the molecule is COC(=O)CCNC(=O)c1cccc(OC)c1O. The van der Waals surface area contributed by atoms with E-state index in [0.717, 1.165) is 0 Å². The van der Waals surface area contributed by atoms with Crippen LogP contribution in [0.3, 0.4) is 0 Å². The summed E-state index contributed by atoms with van der Waals surface area (Å²) in [7, 11) is 2.67. The van der Waals surface area contributed by atoms with E-state index in [-0.39, 0.29) is 30.0 Å². The Labute approximate surface area is 105 Å². The van der Waals surface area contributed by atoms with E-state index < -0.39 is 11.9 Å². The normalized spacial score (nSPS) is 9.67. The molecule has 0 bridgehead atoms. The van der Waals surface area contributed by atoms with E-state index in [9.17, 15) is 14.7 Å². The number of nitrogens with one attached hydrogen (secondary N) is 1. The number of amides is 1. The van der Waals surface area contributed by atoms with E-state index in [1.165, 1.54) is 20.3 Å². The molecule has 6 heteroatoms. The van der Waals surface area contributed by atoms with Gasteiger partial charge in [0.15, 0.2) is 11.5 Å². The first kappa shape index (κ1) is 13.8. The summed E-state index contributed by atoms with van der Waals surface area (Å²) in [6.07, 6.45) is 0.0764. The van der Waals surface area contributed by atoms with Crippen molar-refractivity contribution in [1.29, 1.82) is 0 Å². The van der Waals surface area contributed by atoms with Crippen LogP contribution in [0.4, 0.5) is 0 Å². The molecule has 0 spiro atoms. The Bertz CT molecular complexity index is 444. The predicted octanol–water partition coefficient (Wildman–Crippen LogP) is 0.694. The molecule has 0 heterocycles. The first-order valence-electron chi connectivity index (χ1n) is 5.31. The molecule has 0 unspecified atom stereocenters.